The topological polar surface area (TPSA) is 34.1 Å². The normalized spacial score (nSPS) is 15.3. The number of ketones is 2. The maximum absolute atomic E-state index is 12.0. The number of carbonyl (C=O) groups excluding carboxylic acids is 2. The van der Waals surface area contributed by atoms with Crippen LogP contribution >= 0.6 is 0 Å². The first-order valence-corrected chi connectivity index (χ1v) is 8.18. The molecular formula is C18H28O2. The molecular weight excluding hydrogens is 248 g/mol. The third-order valence-corrected chi connectivity index (χ3v) is 3.84. The second-order valence-electron chi connectivity index (χ2n) is 5.69. The number of rotatable bonds is 10. The summed E-state index contributed by atoms with van der Waals surface area (Å²) in [4.78, 5) is 24.0. The fourth-order valence-corrected chi connectivity index (χ4v) is 2.52. The average molecular weight is 276 g/mol. The fraction of sp³-hybridized carbons (Fsp3) is 0.667. The van der Waals surface area contributed by atoms with Crippen molar-refractivity contribution in [2.24, 2.45) is 0 Å². The van der Waals surface area contributed by atoms with E-state index in [0.717, 1.165) is 38.5 Å². The van der Waals surface area contributed by atoms with E-state index >= 15 is 0 Å². The van der Waals surface area contributed by atoms with Crippen LogP contribution in [0.4, 0.5) is 0 Å². The van der Waals surface area contributed by atoms with Gasteiger partial charge in [-0.2, -0.15) is 0 Å². The van der Waals surface area contributed by atoms with E-state index in [-0.39, 0.29) is 11.6 Å². The second kappa shape index (κ2) is 9.68. The fourth-order valence-electron chi connectivity index (χ4n) is 2.52. The Balaban J connectivity index is 2.41. The summed E-state index contributed by atoms with van der Waals surface area (Å²) in [5.41, 5.74) is 1.42. The van der Waals surface area contributed by atoms with Crippen molar-refractivity contribution in [2.75, 3.05) is 0 Å². The van der Waals surface area contributed by atoms with E-state index in [1.54, 1.807) is 12.2 Å². The molecule has 0 radical (unpaired) electrons. The van der Waals surface area contributed by atoms with E-state index in [1.807, 2.05) is 0 Å². The molecule has 0 bridgehead atoms. The average Bonchev–Trinajstić information content (AvgIpc) is 2.44. The molecule has 112 valence electrons. The highest BCUT2D eigenvalue weighted by Crippen LogP contribution is 2.21. The molecule has 0 aliphatic heterocycles. The molecule has 0 aromatic carbocycles. The molecule has 0 saturated heterocycles. The van der Waals surface area contributed by atoms with E-state index in [9.17, 15) is 9.59 Å². The van der Waals surface area contributed by atoms with Crippen LogP contribution in [0.25, 0.3) is 0 Å². The first kappa shape index (κ1) is 16.9. The zero-order valence-electron chi connectivity index (χ0n) is 13.0. The van der Waals surface area contributed by atoms with Gasteiger partial charge < -0.3 is 0 Å². The lowest BCUT2D eigenvalue weighted by molar-refractivity contribution is -0.115. The number of hydrogen-bond acceptors (Lipinski definition) is 2. The zero-order valence-corrected chi connectivity index (χ0v) is 13.0. The number of unbranched alkanes of at least 4 members (excludes halogenated alkanes) is 6. The molecule has 20 heavy (non-hydrogen) atoms. The van der Waals surface area contributed by atoms with Crippen molar-refractivity contribution < 1.29 is 9.59 Å². The highest BCUT2D eigenvalue weighted by atomic mass is 16.1. The smallest absolute Gasteiger partial charge is 0.182 e. The van der Waals surface area contributed by atoms with Crippen LogP contribution in [0.2, 0.25) is 0 Å². The van der Waals surface area contributed by atoms with Crippen molar-refractivity contribution in [2.45, 2.75) is 78.1 Å². The van der Waals surface area contributed by atoms with Crippen molar-refractivity contribution in [3.63, 3.8) is 0 Å². The molecule has 0 atom stereocenters. The minimum absolute atomic E-state index is 0.0617. The SMILES string of the molecule is CCCCCCC1=CC(=O)C(CCCCCC)=CC1=O. The molecule has 0 saturated carbocycles. The van der Waals surface area contributed by atoms with Gasteiger partial charge in [0.1, 0.15) is 0 Å². The molecule has 2 nitrogen and oxygen atoms in total. The van der Waals surface area contributed by atoms with Gasteiger partial charge in [0.25, 0.3) is 0 Å². The summed E-state index contributed by atoms with van der Waals surface area (Å²) in [7, 11) is 0. The maximum Gasteiger partial charge on any atom is 0.182 e. The van der Waals surface area contributed by atoms with Gasteiger partial charge in [0.05, 0.1) is 0 Å². The lowest BCUT2D eigenvalue weighted by Gasteiger charge is -2.12. The van der Waals surface area contributed by atoms with Crippen LogP contribution in [0.1, 0.15) is 78.1 Å². The Morgan fingerprint density at radius 2 is 1.05 bits per heavy atom. The summed E-state index contributed by atoms with van der Waals surface area (Å²) in [6.07, 6.45) is 13.8. The molecule has 0 amide bonds. The van der Waals surface area contributed by atoms with Gasteiger partial charge in [-0.25, -0.2) is 0 Å². The van der Waals surface area contributed by atoms with Gasteiger partial charge in [-0.3, -0.25) is 9.59 Å². The summed E-state index contributed by atoms with van der Waals surface area (Å²) in [5, 5.41) is 0. The van der Waals surface area contributed by atoms with E-state index in [0.29, 0.717) is 11.1 Å². The summed E-state index contributed by atoms with van der Waals surface area (Å²) < 4.78 is 0. The minimum atomic E-state index is 0.0617. The van der Waals surface area contributed by atoms with E-state index in [1.165, 1.54) is 25.7 Å². The number of allylic oxidation sites excluding steroid dienone is 4. The van der Waals surface area contributed by atoms with Gasteiger partial charge >= 0.3 is 0 Å². The van der Waals surface area contributed by atoms with Gasteiger partial charge in [-0.1, -0.05) is 52.4 Å². The quantitative estimate of drug-likeness (QED) is 0.418. The first-order chi connectivity index (χ1) is 9.69. The molecule has 0 N–H and O–H groups in total. The summed E-state index contributed by atoms with van der Waals surface area (Å²) in [6.45, 7) is 4.34. The predicted molar refractivity (Wildman–Crippen MR) is 83.7 cm³/mol. The van der Waals surface area contributed by atoms with Gasteiger partial charge in [-0.05, 0) is 37.8 Å². The maximum atomic E-state index is 12.0. The number of hydrogen-bond donors (Lipinski definition) is 0. The molecule has 0 spiro atoms. The Morgan fingerprint density at radius 1 is 0.650 bits per heavy atom. The van der Waals surface area contributed by atoms with Crippen molar-refractivity contribution in [3.8, 4) is 0 Å². The number of carbonyl (C=O) groups is 2. The third-order valence-electron chi connectivity index (χ3n) is 3.84. The molecule has 2 heteroatoms. The van der Waals surface area contributed by atoms with Crippen LogP contribution in [0.5, 0.6) is 0 Å². The molecule has 0 aromatic heterocycles. The summed E-state index contributed by atoms with van der Waals surface area (Å²) >= 11 is 0. The Kier molecular flexibility index (Phi) is 8.17. The third kappa shape index (κ3) is 5.85. The summed E-state index contributed by atoms with van der Waals surface area (Å²) in [6, 6.07) is 0. The summed E-state index contributed by atoms with van der Waals surface area (Å²) in [5.74, 6) is 0.123. The lowest BCUT2D eigenvalue weighted by Crippen LogP contribution is -2.13. The molecule has 0 heterocycles. The molecule has 1 rings (SSSR count). The van der Waals surface area contributed by atoms with Crippen LogP contribution in [-0.2, 0) is 9.59 Å². The monoisotopic (exact) mass is 276 g/mol. The second-order valence-corrected chi connectivity index (χ2v) is 5.69. The Bertz CT molecular complexity index is 350. The molecule has 0 fully saturated rings. The lowest BCUT2D eigenvalue weighted by atomic mass is 9.91. The van der Waals surface area contributed by atoms with Crippen LogP contribution in [0.3, 0.4) is 0 Å². The van der Waals surface area contributed by atoms with Crippen LogP contribution in [-0.4, -0.2) is 11.6 Å². The highest BCUT2D eigenvalue weighted by molar-refractivity contribution is 6.19. The van der Waals surface area contributed by atoms with Gasteiger partial charge in [0.15, 0.2) is 11.6 Å². The van der Waals surface area contributed by atoms with Crippen LogP contribution < -0.4 is 0 Å². The van der Waals surface area contributed by atoms with E-state index < -0.39 is 0 Å². The Hall–Kier alpha value is -1.18. The van der Waals surface area contributed by atoms with Crippen molar-refractivity contribution in [1.82, 2.24) is 0 Å². The minimum Gasteiger partial charge on any atom is -0.290 e. The van der Waals surface area contributed by atoms with E-state index in [2.05, 4.69) is 13.8 Å². The predicted octanol–water partition coefficient (Wildman–Crippen LogP) is 4.93. The van der Waals surface area contributed by atoms with Gasteiger partial charge in [-0.15, -0.1) is 0 Å². The molecule has 0 unspecified atom stereocenters. The molecule has 1 aliphatic carbocycles. The zero-order chi connectivity index (χ0) is 14.8. The van der Waals surface area contributed by atoms with Gasteiger partial charge in [0.2, 0.25) is 0 Å². The first-order valence-electron chi connectivity index (χ1n) is 8.18. The van der Waals surface area contributed by atoms with Crippen molar-refractivity contribution in [3.05, 3.63) is 23.3 Å². The van der Waals surface area contributed by atoms with Gasteiger partial charge in [0, 0.05) is 11.1 Å². The molecule has 0 aromatic rings. The molecule has 1 aliphatic rings. The van der Waals surface area contributed by atoms with Crippen LogP contribution in [0, 0.1) is 0 Å². The Labute approximate surface area is 123 Å². The van der Waals surface area contributed by atoms with Crippen molar-refractivity contribution in [1.29, 1.82) is 0 Å². The Morgan fingerprint density at radius 3 is 1.40 bits per heavy atom. The highest BCUT2D eigenvalue weighted by Gasteiger charge is 2.19. The standard InChI is InChI=1S/C18H28O2/c1-3-5-7-9-11-15-13-18(20)16(14-17(15)19)12-10-8-6-4-2/h13-14H,3-12H2,1-2H3. The van der Waals surface area contributed by atoms with E-state index in [4.69, 9.17) is 0 Å². The van der Waals surface area contributed by atoms with Crippen molar-refractivity contribution >= 4 is 11.6 Å². The van der Waals surface area contributed by atoms with Crippen LogP contribution in [0.15, 0.2) is 23.3 Å². The largest absolute Gasteiger partial charge is 0.290 e.